The van der Waals surface area contributed by atoms with Crippen molar-refractivity contribution >= 4 is 16.5 Å². The Bertz CT molecular complexity index is 897. The molecule has 7 heteroatoms. The van der Waals surface area contributed by atoms with E-state index in [1.807, 2.05) is 11.8 Å². The van der Waals surface area contributed by atoms with Crippen molar-refractivity contribution in [2.24, 2.45) is 0 Å². The van der Waals surface area contributed by atoms with Crippen LogP contribution in [0.15, 0.2) is 28.7 Å². The number of nitrogens with one attached hydrogen (secondary N) is 1. The van der Waals surface area contributed by atoms with Gasteiger partial charge in [-0.25, -0.2) is 0 Å². The van der Waals surface area contributed by atoms with Gasteiger partial charge in [0.25, 0.3) is 0 Å². The van der Waals surface area contributed by atoms with Crippen LogP contribution < -0.4 is 5.56 Å². The standard InChI is InChI=1S/C17H17F3N2O2/c1-9-10(2)22(5-6-23)8-11-3-4-13-16(15(9)11)12(17(18,19)20)7-14(24)21-13/h3-4,7,23H,5-6,8H2,1-2H3,(H,21,24). The van der Waals surface area contributed by atoms with Crippen molar-refractivity contribution in [1.82, 2.24) is 9.88 Å². The Balaban J connectivity index is 2.38. The van der Waals surface area contributed by atoms with Gasteiger partial charge < -0.3 is 15.0 Å². The number of halogens is 3. The number of pyridine rings is 1. The summed E-state index contributed by atoms with van der Waals surface area (Å²) in [5, 5.41) is 9.20. The summed E-state index contributed by atoms with van der Waals surface area (Å²) in [5.74, 6) is 0. The quantitative estimate of drug-likeness (QED) is 0.885. The summed E-state index contributed by atoms with van der Waals surface area (Å²) in [5.41, 5.74) is 1.29. The number of alkyl halides is 3. The predicted octanol–water partition coefficient (Wildman–Crippen LogP) is 3.11. The second-order valence-corrected chi connectivity index (χ2v) is 5.92. The Morgan fingerprint density at radius 1 is 1.29 bits per heavy atom. The third kappa shape index (κ3) is 2.58. The summed E-state index contributed by atoms with van der Waals surface area (Å²) in [6.45, 7) is 4.40. The first-order valence-electron chi connectivity index (χ1n) is 7.53. The molecule has 1 aliphatic heterocycles. The average molecular weight is 338 g/mol. The second kappa shape index (κ2) is 5.66. The summed E-state index contributed by atoms with van der Waals surface area (Å²) in [6.07, 6.45) is -4.61. The molecule has 2 N–H and O–H groups in total. The number of aliphatic hydroxyl groups is 1. The fourth-order valence-corrected chi connectivity index (χ4v) is 3.30. The lowest BCUT2D eigenvalue weighted by Crippen LogP contribution is -2.29. The fourth-order valence-electron chi connectivity index (χ4n) is 3.30. The van der Waals surface area contributed by atoms with Crippen molar-refractivity contribution in [3.8, 4) is 0 Å². The van der Waals surface area contributed by atoms with Crippen molar-refractivity contribution in [3.05, 3.63) is 50.9 Å². The van der Waals surface area contributed by atoms with Gasteiger partial charge in [-0.2, -0.15) is 13.2 Å². The predicted molar refractivity (Wildman–Crippen MR) is 85.3 cm³/mol. The number of nitrogens with zero attached hydrogens (tertiary/aromatic N) is 1. The molecule has 0 spiro atoms. The van der Waals surface area contributed by atoms with E-state index in [0.717, 1.165) is 11.3 Å². The molecule has 0 amide bonds. The Morgan fingerprint density at radius 3 is 2.62 bits per heavy atom. The molecule has 1 aromatic carbocycles. The van der Waals surface area contributed by atoms with Gasteiger partial charge in [0.1, 0.15) is 0 Å². The van der Waals surface area contributed by atoms with E-state index in [2.05, 4.69) is 4.98 Å². The van der Waals surface area contributed by atoms with E-state index in [4.69, 9.17) is 0 Å². The Hall–Kier alpha value is -2.28. The number of rotatable bonds is 2. The van der Waals surface area contributed by atoms with Crippen molar-refractivity contribution in [2.45, 2.75) is 26.6 Å². The minimum Gasteiger partial charge on any atom is -0.395 e. The van der Waals surface area contributed by atoms with Crippen LogP contribution in [0.4, 0.5) is 13.2 Å². The maximum absolute atomic E-state index is 13.5. The fraction of sp³-hybridized carbons (Fsp3) is 0.353. The van der Waals surface area contributed by atoms with Gasteiger partial charge >= 0.3 is 6.18 Å². The lowest BCUT2D eigenvalue weighted by Gasteiger charge is -2.33. The van der Waals surface area contributed by atoms with Gasteiger partial charge in [0.05, 0.1) is 12.2 Å². The van der Waals surface area contributed by atoms with Gasteiger partial charge in [-0.1, -0.05) is 6.07 Å². The van der Waals surface area contributed by atoms with E-state index >= 15 is 0 Å². The SMILES string of the molecule is CC1=C(C)N(CCO)Cc2ccc3[nH]c(=O)cc(C(F)(F)F)c3c21. The number of hydrogen-bond donors (Lipinski definition) is 2. The highest BCUT2D eigenvalue weighted by molar-refractivity contribution is 5.96. The minimum atomic E-state index is -4.61. The van der Waals surface area contributed by atoms with E-state index in [9.17, 15) is 23.1 Å². The first-order chi connectivity index (χ1) is 11.2. The maximum atomic E-state index is 13.5. The van der Waals surface area contributed by atoms with Crippen molar-refractivity contribution in [3.63, 3.8) is 0 Å². The molecule has 0 radical (unpaired) electrons. The molecule has 24 heavy (non-hydrogen) atoms. The van der Waals surface area contributed by atoms with E-state index in [1.54, 1.807) is 13.0 Å². The molecule has 2 aromatic rings. The summed E-state index contributed by atoms with van der Waals surface area (Å²) >= 11 is 0. The van der Waals surface area contributed by atoms with Crippen molar-refractivity contribution in [2.75, 3.05) is 13.2 Å². The van der Waals surface area contributed by atoms with E-state index in [0.29, 0.717) is 30.3 Å². The molecular formula is C17H17F3N2O2. The maximum Gasteiger partial charge on any atom is 0.417 e. The number of aliphatic hydroxyl groups excluding tert-OH is 1. The minimum absolute atomic E-state index is 0.0279. The van der Waals surface area contributed by atoms with Crippen LogP contribution in [0.5, 0.6) is 0 Å². The average Bonchev–Trinajstić information content (AvgIpc) is 2.50. The number of aromatic amines is 1. The molecule has 1 aromatic heterocycles. The van der Waals surface area contributed by atoms with E-state index < -0.39 is 17.3 Å². The van der Waals surface area contributed by atoms with Gasteiger partial charge in [-0.05, 0) is 36.6 Å². The topological polar surface area (TPSA) is 56.3 Å². The lowest BCUT2D eigenvalue weighted by atomic mass is 9.89. The third-order valence-electron chi connectivity index (χ3n) is 4.52. The van der Waals surface area contributed by atoms with Gasteiger partial charge in [-0.15, -0.1) is 0 Å². The van der Waals surface area contributed by atoms with Crippen LogP contribution in [0.1, 0.15) is 30.5 Å². The largest absolute Gasteiger partial charge is 0.417 e. The van der Waals surface area contributed by atoms with Crippen LogP contribution in [0.3, 0.4) is 0 Å². The van der Waals surface area contributed by atoms with Crippen LogP contribution in [0.25, 0.3) is 16.5 Å². The molecule has 1 aliphatic rings. The van der Waals surface area contributed by atoms with Crippen LogP contribution >= 0.6 is 0 Å². The Kier molecular flexibility index (Phi) is 3.91. The highest BCUT2D eigenvalue weighted by Crippen LogP contribution is 2.41. The molecule has 0 atom stereocenters. The number of fused-ring (bicyclic) bond motifs is 3. The molecule has 128 valence electrons. The monoisotopic (exact) mass is 338 g/mol. The molecule has 0 saturated carbocycles. The summed E-state index contributed by atoms with van der Waals surface area (Å²) in [7, 11) is 0. The highest BCUT2D eigenvalue weighted by Gasteiger charge is 2.35. The van der Waals surface area contributed by atoms with E-state index in [-0.39, 0.29) is 17.5 Å². The smallest absolute Gasteiger partial charge is 0.395 e. The molecule has 2 heterocycles. The molecule has 0 saturated heterocycles. The first kappa shape index (κ1) is 16.6. The zero-order valence-electron chi connectivity index (χ0n) is 13.3. The number of benzene rings is 1. The molecule has 0 bridgehead atoms. The lowest BCUT2D eigenvalue weighted by molar-refractivity contribution is -0.136. The highest BCUT2D eigenvalue weighted by atomic mass is 19.4. The normalized spacial score (nSPS) is 15.2. The molecule has 0 aliphatic carbocycles. The molecule has 3 rings (SSSR count). The summed E-state index contributed by atoms with van der Waals surface area (Å²) < 4.78 is 40.4. The van der Waals surface area contributed by atoms with Crippen LogP contribution in [0.2, 0.25) is 0 Å². The van der Waals surface area contributed by atoms with Gasteiger partial charge in [0.2, 0.25) is 5.56 Å². The van der Waals surface area contributed by atoms with Crippen LogP contribution in [-0.4, -0.2) is 28.1 Å². The zero-order chi connectivity index (χ0) is 17.6. The van der Waals surface area contributed by atoms with Crippen molar-refractivity contribution in [1.29, 1.82) is 0 Å². The molecule has 0 unspecified atom stereocenters. The number of hydrogen-bond acceptors (Lipinski definition) is 3. The summed E-state index contributed by atoms with van der Waals surface area (Å²) in [6, 6.07) is 3.86. The van der Waals surface area contributed by atoms with Crippen molar-refractivity contribution < 1.29 is 18.3 Å². The number of allylic oxidation sites excluding steroid dienone is 2. The van der Waals surface area contributed by atoms with Gasteiger partial charge in [0.15, 0.2) is 0 Å². The molecule has 4 nitrogen and oxygen atoms in total. The van der Waals surface area contributed by atoms with Crippen LogP contribution in [0, 0.1) is 0 Å². The Labute approximate surface area is 136 Å². The number of H-pyrrole nitrogens is 1. The first-order valence-corrected chi connectivity index (χ1v) is 7.53. The van der Waals surface area contributed by atoms with Gasteiger partial charge in [0, 0.05) is 35.8 Å². The van der Waals surface area contributed by atoms with E-state index in [1.165, 1.54) is 6.07 Å². The summed E-state index contributed by atoms with van der Waals surface area (Å²) in [4.78, 5) is 16.0. The number of aromatic nitrogens is 1. The Morgan fingerprint density at radius 2 is 2.00 bits per heavy atom. The molecule has 0 fully saturated rings. The zero-order valence-corrected chi connectivity index (χ0v) is 13.3. The number of β-amino-alcohol motifs (C(OH)–C–C–N with tert-alkyl or cyclic N) is 1. The van der Waals surface area contributed by atoms with Crippen LogP contribution in [-0.2, 0) is 12.7 Å². The second-order valence-electron chi connectivity index (χ2n) is 5.92. The third-order valence-corrected chi connectivity index (χ3v) is 4.52. The van der Waals surface area contributed by atoms with Gasteiger partial charge in [-0.3, -0.25) is 4.79 Å². The molecular weight excluding hydrogens is 321 g/mol.